The van der Waals surface area contributed by atoms with Crippen molar-refractivity contribution in [2.24, 2.45) is 0 Å². The van der Waals surface area contributed by atoms with Gasteiger partial charge in [-0.05, 0) is 31.4 Å². The molecule has 0 N–H and O–H groups in total. The lowest BCUT2D eigenvalue weighted by Gasteiger charge is -2.22. The third-order valence-electron chi connectivity index (χ3n) is 3.39. The van der Waals surface area contributed by atoms with Crippen molar-refractivity contribution in [1.82, 2.24) is 0 Å². The smallest absolute Gasteiger partial charge is 0.172 e. The van der Waals surface area contributed by atoms with Gasteiger partial charge in [-0.1, -0.05) is 6.07 Å². The van der Waals surface area contributed by atoms with Gasteiger partial charge in [0.05, 0.1) is 20.3 Å². The van der Waals surface area contributed by atoms with Crippen LogP contribution in [0, 0.1) is 0 Å². The maximum atomic E-state index is 12.4. The highest BCUT2D eigenvalue weighted by Crippen LogP contribution is 2.30. The first-order valence-electron chi connectivity index (χ1n) is 6.62. The van der Waals surface area contributed by atoms with Crippen molar-refractivity contribution in [2.45, 2.75) is 31.8 Å². The quantitative estimate of drug-likeness (QED) is 0.767. The summed E-state index contributed by atoms with van der Waals surface area (Å²) in [5, 5.41) is 0. The first kappa shape index (κ1) is 13.9. The van der Waals surface area contributed by atoms with Gasteiger partial charge in [0, 0.05) is 13.0 Å². The fourth-order valence-electron chi connectivity index (χ4n) is 2.40. The molecule has 1 aromatic rings. The third-order valence-corrected chi connectivity index (χ3v) is 3.39. The van der Waals surface area contributed by atoms with E-state index in [-0.39, 0.29) is 11.9 Å². The van der Waals surface area contributed by atoms with E-state index >= 15 is 0 Å². The Hall–Kier alpha value is -1.55. The maximum absolute atomic E-state index is 12.4. The molecule has 1 atom stereocenters. The highest BCUT2D eigenvalue weighted by Gasteiger charge is 2.23. The zero-order chi connectivity index (χ0) is 13.7. The van der Waals surface area contributed by atoms with Gasteiger partial charge in [-0.25, -0.2) is 0 Å². The summed E-state index contributed by atoms with van der Waals surface area (Å²) in [5.74, 6) is 1.13. The van der Waals surface area contributed by atoms with Crippen LogP contribution in [0.3, 0.4) is 0 Å². The molecule has 0 saturated carbocycles. The number of rotatable bonds is 5. The molecule has 0 aromatic heterocycles. The van der Waals surface area contributed by atoms with Gasteiger partial charge >= 0.3 is 0 Å². The fraction of sp³-hybridized carbons (Fsp3) is 0.533. The van der Waals surface area contributed by atoms with E-state index in [0.29, 0.717) is 23.5 Å². The summed E-state index contributed by atoms with van der Waals surface area (Å²) < 4.78 is 16.1. The maximum Gasteiger partial charge on any atom is 0.172 e. The second-order valence-electron chi connectivity index (χ2n) is 4.65. The van der Waals surface area contributed by atoms with Crippen LogP contribution in [0.5, 0.6) is 11.5 Å². The second kappa shape index (κ2) is 6.57. The number of ketones is 1. The molecule has 0 spiro atoms. The Kier molecular flexibility index (Phi) is 4.80. The minimum Gasteiger partial charge on any atom is -0.496 e. The summed E-state index contributed by atoms with van der Waals surface area (Å²) in [6.45, 7) is 0.751. The van der Waals surface area contributed by atoms with E-state index in [0.717, 1.165) is 25.9 Å². The van der Waals surface area contributed by atoms with Crippen molar-refractivity contribution in [1.29, 1.82) is 0 Å². The molecule has 0 amide bonds. The van der Waals surface area contributed by atoms with Crippen LogP contribution >= 0.6 is 0 Å². The predicted molar refractivity (Wildman–Crippen MR) is 72.1 cm³/mol. The average molecular weight is 264 g/mol. The highest BCUT2D eigenvalue weighted by molar-refractivity contribution is 6.01. The Bertz CT molecular complexity index is 414. The molecule has 1 fully saturated rings. The molecular formula is C15H20O4. The molecule has 4 heteroatoms. The van der Waals surface area contributed by atoms with Crippen molar-refractivity contribution in [3.05, 3.63) is 23.8 Å². The lowest BCUT2D eigenvalue weighted by molar-refractivity contribution is 0.0128. The molecule has 4 nitrogen and oxygen atoms in total. The standard InChI is InChI=1S/C15H20O4/c1-17-13-7-5-8-14(18-2)15(13)12(16)10-11-6-3-4-9-19-11/h5,7-8,11H,3-4,6,9-10H2,1-2H3. The number of carbonyl (C=O) groups is 1. The number of Topliss-reactive ketones (excluding diaryl/α,β-unsaturated/α-hetero) is 1. The first-order valence-corrected chi connectivity index (χ1v) is 6.62. The van der Waals surface area contributed by atoms with Crippen LogP contribution in [0.15, 0.2) is 18.2 Å². The van der Waals surface area contributed by atoms with Crippen LogP contribution in [0.25, 0.3) is 0 Å². The van der Waals surface area contributed by atoms with Crippen LogP contribution in [0.1, 0.15) is 36.0 Å². The lowest BCUT2D eigenvalue weighted by atomic mass is 9.99. The molecule has 1 unspecified atom stereocenters. The van der Waals surface area contributed by atoms with Crippen LogP contribution in [0.2, 0.25) is 0 Å². The molecule has 19 heavy (non-hydrogen) atoms. The number of carbonyl (C=O) groups excluding carboxylic acids is 1. The highest BCUT2D eigenvalue weighted by atomic mass is 16.5. The molecule has 1 aliphatic heterocycles. The summed E-state index contributed by atoms with van der Waals surface area (Å²) in [6.07, 6.45) is 3.57. The van der Waals surface area contributed by atoms with E-state index in [9.17, 15) is 4.79 Å². The van der Waals surface area contributed by atoms with Gasteiger partial charge in [-0.15, -0.1) is 0 Å². The Morgan fingerprint density at radius 2 is 1.95 bits per heavy atom. The van der Waals surface area contributed by atoms with E-state index in [1.165, 1.54) is 0 Å². The Morgan fingerprint density at radius 1 is 1.26 bits per heavy atom. The lowest BCUT2D eigenvalue weighted by Crippen LogP contribution is -2.22. The van der Waals surface area contributed by atoms with Crippen molar-refractivity contribution >= 4 is 5.78 Å². The minimum absolute atomic E-state index is 0.0150. The van der Waals surface area contributed by atoms with Crippen LogP contribution in [-0.2, 0) is 4.74 Å². The molecule has 1 aromatic carbocycles. The Labute approximate surface area is 113 Å². The molecule has 1 saturated heterocycles. The normalized spacial score (nSPS) is 18.9. The average Bonchev–Trinajstić information content (AvgIpc) is 2.47. The molecule has 0 radical (unpaired) electrons. The van der Waals surface area contributed by atoms with Crippen molar-refractivity contribution < 1.29 is 19.0 Å². The zero-order valence-corrected chi connectivity index (χ0v) is 11.5. The summed E-state index contributed by atoms with van der Waals surface area (Å²) in [4.78, 5) is 12.4. The van der Waals surface area contributed by atoms with E-state index in [2.05, 4.69) is 0 Å². The summed E-state index contributed by atoms with van der Waals surface area (Å²) in [7, 11) is 3.12. The number of benzene rings is 1. The van der Waals surface area contributed by atoms with Gasteiger partial charge in [0.2, 0.25) is 0 Å². The summed E-state index contributed by atoms with van der Waals surface area (Å²) >= 11 is 0. The number of hydrogen-bond donors (Lipinski definition) is 0. The summed E-state index contributed by atoms with van der Waals surface area (Å²) in [6, 6.07) is 5.36. The number of ether oxygens (including phenoxy) is 3. The van der Waals surface area contributed by atoms with Gasteiger partial charge in [0.1, 0.15) is 17.1 Å². The van der Waals surface area contributed by atoms with Crippen LogP contribution < -0.4 is 9.47 Å². The van der Waals surface area contributed by atoms with Gasteiger partial charge in [-0.2, -0.15) is 0 Å². The van der Waals surface area contributed by atoms with Gasteiger partial charge in [-0.3, -0.25) is 4.79 Å². The molecule has 0 bridgehead atoms. The Balaban J connectivity index is 2.17. The van der Waals surface area contributed by atoms with E-state index in [4.69, 9.17) is 14.2 Å². The number of methoxy groups -OCH3 is 2. The van der Waals surface area contributed by atoms with E-state index in [1.807, 2.05) is 6.07 Å². The van der Waals surface area contributed by atoms with Crippen molar-refractivity contribution in [3.63, 3.8) is 0 Å². The van der Waals surface area contributed by atoms with Gasteiger partial charge in [0.15, 0.2) is 5.78 Å². The fourth-order valence-corrected chi connectivity index (χ4v) is 2.40. The van der Waals surface area contributed by atoms with E-state index in [1.54, 1.807) is 26.4 Å². The van der Waals surface area contributed by atoms with Gasteiger partial charge < -0.3 is 14.2 Å². The molecular weight excluding hydrogens is 244 g/mol. The molecule has 1 heterocycles. The summed E-state index contributed by atoms with van der Waals surface area (Å²) in [5.41, 5.74) is 0.515. The third kappa shape index (κ3) is 3.26. The molecule has 0 aliphatic carbocycles. The Morgan fingerprint density at radius 3 is 2.47 bits per heavy atom. The van der Waals surface area contributed by atoms with Crippen molar-refractivity contribution in [2.75, 3.05) is 20.8 Å². The van der Waals surface area contributed by atoms with E-state index < -0.39 is 0 Å². The predicted octanol–water partition coefficient (Wildman–Crippen LogP) is 2.85. The molecule has 2 rings (SSSR count). The molecule has 104 valence electrons. The van der Waals surface area contributed by atoms with Crippen LogP contribution in [-0.4, -0.2) is 32.7 Å². The SMILES string of the molecule is COc1cccc(OC)c1C(=O)CC1CCCCO1. The van der Waals surface area contributed by atoms with Crippen LogP contribution in [0.4, 0.5) is 0 Å². The van der Waals surface area contributed by atoms with Gasteiger partial charge in [0.25, 0.3) is 0 Å². The molecule has 1 aliphatic rings. The largest absolute Gasteiger partial charge is 0.496 e. The monoisotopic (exact) mass is 264 g/mol. The second-order valence-corrected chi connectivity index (χ2v) is 4.65. The minimum atomic E-state index is 0.0150. The topological polar surface area (TPSA) is 44.8 Å². The van der Waals surface area contributed by atoms with Crippen molar-refractivity contribution in [3.8, 4) is 11.5 Å². The number of hydrogen-bond acceptors (Lipinski definition) is 4. The first-order chi connectivity index (χ1) is 9.26. The zero-order valence-electron chi connectivity index (χ0n) is 11.5.